The van der Waals surface area contributed by atoms with Gasteiger partial charge in [0.1, 0.15) is 0 Å². The van der Waals surface area contributed by atoms with Crippen LogP contribution in [0.2, 0.25) is 0 Å². The fraction of sp³-hybridized carbons (Fsp3) is 0.727. The Morgan fingerprint density at radius 2 is 1.87 bits per heavy atom. The molecule has 1 aliphatic heterocycles. The van der Waals surface area contributed by atoms with Crippen LogP contribution in [0.4, 0.5) is 4.79 Å². The van der Waals surface area contributed by atoms with E-state index in [2.05, 4.69) is 17.1 Å². The van der Waals surface area contributed by atoms with E-state index < -0.39 is 0 Å². The molecule has 0 atom stereocenters. The van der Waals surface area contributed by atoms with Crippen LogP contribution >= 0.6 is 0 Å². The number of carbonyl (C=O) groups is 1. The maximum atomic E-state index is 11.6. The number of piperazine rings is 1. The lowest BCUT2D eigenvalue weighted by atomic mass is 10.3. The summed E-state index contributed by atoms with van der Waals surface area (Å²) >= 11 is 0. The van der Waals surface area contributed by atoms with Gasteiger partial charge in [-0.25, -0.2) is 4.79 Å². The molecule has 15 heavy (non-hydrogen) atoms. The average molecular weight is 211 g/mol. The Morgan fingerprint density at radius 1 is 1.27 bits per heavy atom. The molecule has 86 valence electrons. The summed E-state index contributed by atoms with van der Waals surface area (Å²) in [5, 5.41) is 2.79. The SMILES string of the molecule is CCN1CCN(C(=O)NC=C(C)C)CC1. The summed E-state index contributed by atoms with van der Waals surface area (Å²) in [6, 6.07) is 0.0203. The lowest BCUT2D eigenvalue weighted by Crippen LogP contribution is -2.50. The number of hydrogen-bond donors (Lipinski definition) is 1. The summed E-state index contributed by atoms with van der Waals surface area (Å²) in [5.41, 5.74) is 1.11. The molecule has 0 saturated carbocycles. The van der Waals surface area contributed by atoms with Crippen molar-refractivity contribution in [1.82, 2.24) is 15.1 Å². The molecule has 4 heteroatoms. The van der Waals surface area contributed by atoms with Crippen molar-refractivity contribution in [3.63, 3.8) is 0 Å². The van der Waals surface area contributed by atoms with E-state index in [0.29, 0.717) is 0 Å². The summed E-state index contributed by atoms with van der Waals surface area (Å²) in [5.74, 6) is 0. The van der Waals surface area contributed by atoms with Gasteiger partial charge in [-0.2, -0.15) is 0 Å². The van der Waals surface area contributed by atoms with E-state index in [1.807, 2.05) is 18.7 Å². The second-order valence-electron chi connectivity index (χ2n) is 4.09. The van der Waals surface area contributed by atoms with Crippen LogP contribution in [0.25, 0.3) is 0 Å². The summed E-state index contributed by atoms with van der Waals surface area (Å²) < 4.78 is 0. The molecule has 1 saturated heterocycles. The van der Waals surface area contributed by atoms with Gasteiger partial charge in [0.15, 0.2) is 0 Å². The van der Waals surface area contributed by atoms with Gasteiger partial charge in [0.25, 0.3) is 0 Å². The monoisotopic (exact) mass is 211 g/mol. The van der Waals surface area contributed by atoms with Gasteiger partial charge in [-0.1, -0.05) is 12.5 Å². The second kappa shape index (κ2) is 5.75. The summed E-state index contributed by atoms with van der Waals surface area (Å²) in [6.07, 6.45) is 1.76. The molecule has 0 bridgehead atoms. The Morgan fingerprint density at radius 3 is 2.33 bits per heavy atom. The van der Waals surface area contributed by atoms with E-state index in [1.54, 1.807) is 6.20 Å². The Hall–Kier alpha value is -1.03. The van der Waals surface area contributed by atoms with E-state index in [4.69, 9.17) is 0 Å². The summed E-state index contributed by atoms with van der Waals surface area (Å²) in [6.45, 7) is 10.8. The number of rotatable bonds is 2. The molecule has 1 heterocycles. The molecule has 0 aromatic heterocycles. The van der Waals surface area contributed by atoms with Crippen molar-refractivity contribution in [3.05, 3.63) is 11.8 Å². The van der Waals surface area contributed by atoms with Crippen molar-refractivity contribution in [3.8, 4) is 0 Å². The third-order valence-electron chi connectivity index (χ3n) is 2.59. The quantitative estimate of drug-likeness (QED) is 0.746. The molecule has 0 unspecified atom stereocenters. The first-order valence-electron chi connectivity index (χ1n) is 5.54. The van der Waals surface area contributed by atoms with E-state index in [0.717, 1.165) is 38.3 Å². The molecular weight excluding hydrogens is 190 g/mol. The minimum Gasteiger partial charge on any atom is -0.322 e. The zero-order chi connectivity index (χ0) is 11.3. The number of allylic oxidation sites excluding steroid dienone is 1. The van der Waals surface area contributed by atoms with Gasteiger partial charge >= 0.3 is 6.03 Å². The van der Waals surface area contributed by atoms with E-state index >= 15 is 0 Å². The van der Waals surface area contributed by atoms with Crippen LogP contribution in [-0.2, 0) is 0 Å². The maximum absolute atomic E-state index is 11.6. The molecule has 0 radical (unpaired) electrons. The molecule has 0 aromatic carbocycles. The third-order valence-corrected chi connectivity index (χ3v) is 2.59. The third kappa shape index (κ3) is 3.91. The Balaban J connectivity index is 2.33. The number of hydrogen-bond acceptors (Lipinski definition) is 2. The number of urea groups is 1. The first-order valence-corrected chi connectivity index (χ1v) is 5.54. The molecule has 1 N–H and O–H groups in total. The Labute approximate surface area is 91.9 Å². The second-order valence-corrected chi connectivity index (χ2v) is 4.09. The first-order chi connectivity index (χ1) is 7.13. The molecule has 0 aromatic rings. The van der Waals surface area contributed by atoms with Crippen LogP contribution < -0.4 is 5.32 Å². The van der Waals surface area contributed by atoms with E-state index in [1.165, 1.54) is 0 Å². The zero-order valence-electron chi connectivity index (χ0n) is 9.92. The molecule has 4 nitrogen and oxygen atoms in total. The average Bonchev–Trinajstić information content (AvgIpc) is 2.26. The standard InChI is InChI=1S/C11H21N3O/c1-4-13-5-7-14(8-6-13)11(15)12-9-10(2)3/h9H,4-8H2,1-3H3,(H,12,15). The van der Waals surface area contributed by atoms with Gasteiger partial charge in [0.05, 0.1) is 0 Å². The molecule has 0 aliphatic carbocycles. The highest BCUT2D eigenvalue weighted by atomic mass is 16.2. The topological polar surface area (TPSA) is 35.6 Å². The van der Waals surface area contributed by atoms with Crippen LogP contribution in [0.15, 0.2) is 11.8 Å². The normalized spacial score (nSPS) is 17.4. The zero-order valence-corrected chi connectivity index (χ0v) is 9.92. The predicted molar refractivity (Wildman–Crippen MR) is 61.6 cm³/mol. The number of likely N-dealkylation sites (N-methyl/N-ethyl adjacent to an activating group) is 1. The number of nitrogens with zero attached hydrogens (tertiary/aromatic N) is 2. The first kappa shape index (κ1) is 12.0. The van der Waals surface area contributed by atoms with Crippen molar-refractivity contribution < 1.29 is 4.79 Å². The van der Waals surface area contributed by atoms with Crippen molar-refractivity contribution in [2.45, 2.75) is 20.8 Å². The molecular formula is C11H21N3O. The van der Waals surface area contributed by atoms with Crippen LogP contribution in [0.5, 0.6) is 0 Å². The summed E-state index contributed by atoms with van der Waals surface area (Å²) in [7, 11) is 0. The van der Waals surface area contributed by atoms with Crippen LogP contribution in [0.1, 0.15) is 20.8 Å². The Bertz CT molecular complexity index is 238. The molecule has 0 spiro atoms. The van der Waals surface area contributed by atoms with Crippen LogP contribution in [0.3, 0.4) is 0 Å². The van der Waals surface area contributed by atoms with Gasteiger partial charge in [-0.05, 0) is 20.4 Å². The fourth-order valence-electron chi connectivity index (χ4n) is 1.56. The lowest BCUT2D eigenvalue weighted by Gasteiger charge is -2.33. The highest BCUT2D eigenvalue weighted by Crippen LogP contribution is 2.01. The molecule has 1 aliphatic rings. The Kier molecular flexibility index (Phi) is 4.62. The number of amides is 2. The van der Waals surface area contributed by atoms with Crippen molar-refractivity contribution in [1.29, 1.82) is 0 Å². The van der Waals surface area contributed by atoms with Crippen molar-refractivity contribution in [2.75, 3.05) is 32.7 Å². The highest BCUT2D eigenvalue weighted by Gasteiger charge is 2.18. The van der Waals surface area contributed by atoms with Gasteiger partial charge in [-0.3, -0.25) is 0 Å². The van der Waals surface area contributed by atoms with Gasteiger partial charge in [-0.15, -0.1) is 0 Å². The minimum absolute atomic E-state index is 0.0203. The van der Waals surface area contributed by atoms with Gasteiger partial charge in [0, 0.05) is 32.4 Å². The smallest absolute Gasteiger partial charge is 0.321 e. The fourth-order valence-corrected chi connectivity index (χ4v) is 1.56. The van der Waals surface area contributed by atoms with Gasteiger partial charge < -0.3 is 15.1 Å². The number of carbonyl (C=O) groups excluding carboxylic acids is 1. The van der Waals surface area contributed by atoms with Crippen LogP contribution in [-0.4, -0.2) is 48.6 Å². The largest absolute Gasteiger partial charge is 0.322 e. The molecule has 2 amide bonds. The van der Waals surface area contributed by atoms with Crippen molar-refractivity contribution >= 4 is 6.03 Å². The highest BCUT2D eigenvalue weighted by molar-refractivity contribution is 5.75. The van der Waals surface area contributed by atoms with Gasteiger partial charge in [0.2, 0.25) is 0 Å². The summed E-state index contributed by atoms with van der Waals surface area (Å²) in [4.78, 5) is 15.9. The predicted octanol–water partition coefficient (Wildman–Crippen LogP) is 1.26. The van der Waals surface area contributed by atoms with Crippen LogP contribution in [0, 0.1) is 0 Å². The molecule has 1 fully saturated rings. The van der Waals surface area contributed by atoms with Crippen molar-refractivity contribution in [2.24, 2.45) is 0 Å². The number of nitrogens with one attached hydrogen (secondary N) is 1. The lowest BCUT2D eigenvalue weighted by molar-refractivity contribution is 0.145. The van der Waals surface area contributed by atoms with E-state index in [-0.39, 0.29) is 6.03 Å². The van der Waals surface area contributed by atoms with E-state index in [9.17, 15) is 4.79 Å². The maximum Gasteiger partial charge on any atom is 0.321 e. The minimum atomic E-state index is 0.0203. The molecule has 1 rings (SSSR count).